The summed E-state index contributed by atoms with van der Waals surface area (Å²) in [5.41, 5.74) is 0.0170. The molecule has 0 heterocycles. The fourth-order valence-electron chi connectivity index (χ4n) is 1.96. The van der Waals surface area contributed by atoms with Crippen LogP contribution in [0.4, 0.5) is 5.69 Å². The highest BCUT2D eigenvalue weighted by Crippen LogP contribution is 2.21. The summed E-state index contributed by atoms with van der Waals surface area (Å²) in [5, 5.41) is 10.6. The number of carbonyl (C=O) groups excluding carboxylic acids is 1. The quantitative estimate of drug-likeness (QED) is 0.205. The highest BCUT2D eigenvalue weighted by molar-refractivity contribution is 8.00. The molecule has 0 spiro atoms. The van der Waals surface area contributed by atoms with Gasteiger partial charge in [-0.05, 0) is 43.3 Å². The van der Waals surface area contributed by atoms with E-state index >= 15 is 0 Å². The van der Waals surface area contributed by atoms with Gasteiger partial charge in [0.15, 0.2) is 0 Å². The lowest BCUT2D eigenvalue weighted by molar-refractivity contribution is -0.384. The Labute approximate surface area is 155 Å². The predicted octanol–water partition coefficient (Wildman–Crippen LogP) is 3.71. The minimum atomic E-state index is -0.465. The fraction of sp³-hybridized carbons (Fsp3) is 0.278. The number of carbonyl (C=O) groups is 1. The van der Waals surface area contributed by atoms with Gasteiger partial charge in [-0.1, -0.05) is 0 Å². The first-order chi connectivity index (χ1) is 12.6. The van der Waals surface area contributed by atoms with Crippen molar-refractivity contribution < 1.29 is 23.9 Å². The average molecular weight is 377 g/mol. The van der Waals surface area contributed by atoms with E-state index < -0.39 is 4.92 Å². The second-order valence-electron chi connectivity index (χ2n) is 5.01. The van der Waals surface area contributed by atoms with E-state index in [1.54, 1.807) is 24.3 Å². The second-order valence-corrected chi connectivity index (χ2v) is 6.06. The summed E-state index contributed by atoms with van der Waals surface area (Å²) in [6.07, 6.45) is 0. The van der Waals surface area contributed by atoms with Crippen molar-refractivity contribution in [1.29, 1.82) is 0 Å². The molecule has 2 rings (SSSR count). The van der Waals surface area contributed by atoms with Gasteiger partial charge >= 0.3 is 5.97 Å². The highest BCUT2D eigenvalue weighted by Gasteiger charge is 2.07. The Bertz CT molecular complexity index is 717. The van der Waals surface area contributed by atoms with Crippen molar-refractivity contribution in [2.24, 2.45) is 0 Å². The van der Waals surface area contributed by atoms with Crippen molar-refractivity contribution >= 4 is 23.4 Å². The van der Waals surface area contributed by atoms with Crippen LogP contribution in [0.25, 0.3) is 0 Å². The van der Waals surface area contributed by atoms with Gasteiger partial charge in [-0.15, -0.1) is 11.8 Å². The molecule has 0 fully saturated rings. The summed E-state index contributed by atoms with van der Waals surface area (Å²) < 4.78 is 15.9. The van der Waals surface area contributed by atoms with Gasteiger partial charge in [0.25, 0.3) is 5.69 Å². The lowest BCUT2D eigenvalue weighted by Crippen LogP contribution is -2.13. The first kappa shape index (κ1) is 19.6. The topological polar surface area (TPSA) is 87.9 Å². The van der Waals surface area contributed by atoms with Crippen molar-refractivity contribution in [3.05, 3.63) is 58.6 Å². The molecule has 138 valence electrons. The van der Waals surface area contributed by atoms with Crippen molar-refractivity contribution in [2.45, 2.75) is 11.8 Å². The molecule has 2 aromatic carbocycles. The molecule has 0 aliphatic heterocycles. The van der Waals surface area contributed by atoms with Gasteiger partial charge in [0.05, 0.1) is 17.3 Å². The number of thioether (sulfide) groups is 1. The zero-order chi connectivity index (χ0) is 18.8. The van der Waals surface area contributed by atoms with Crippen LogP contribution < -0.4 is 9.47 Å². The summed E-state index contributed by atoms with van der Waals surface area (Å²) in [4.78, 5) is 22.6. The number of rotatable bonds is 10. The van der Waals surface area contributed by atoms with Gasteiger partial charge < -0.3 is 14.2 Å². The van der Waals surface area contributed by atoms with Crippen LogP contribution in [-0.4, -0.2) is 36.5 Å². The maximum absolute atomic E-state index is 11.7. The Morgan fingerprint density at radius 3 is 2.19 bits per heavy atom. The smallest absolute Gasteiger partial charge is 0.316 e. The number of nitro benzene ring substituents is 1. The zero-order valence-corrected chi connectivity index (χ0v) is 15.1. The van der Waals surface area contributed by atoms with E-state index in [0.717, 1.165) is 10.6 Å². The van der Waals surface area contributed by atoms with Crippen LogP contribution in [0.2, 0.25) is 0 Å². The maximum Gasteiger partial charge on any atom is 0.316 e. The molecule has 0 N–H and O–H groups in total. The molecule has 0 unspecified atom stereocenters. The van der Waals surface area contributed by atoms with Crippen LogP contribution in [0, 0.1) is 10.1 Å². The second kappa shape index (κ2) is 10.3. The van der Waals surface area contributed by atoms with Crippen LogP contribution in [-0.2, 0) is 9.53 Å². The standard InChI is InChI=1S/C18H19NO6S/c1-2-23-15-5-7-16(8-6-15)24-11-12-25-18(20)13-26-17-9-3-14(4-10-17)19(21)22/h3-10H,2,11-13H2,1H3. The van der Waals surface area contributed by atoms with E-state index in [1.165, 1.54) is 23.9 Å². The monoisotopic (exact) mass is 377 g/mol. The summed E-state index contributed by atoms with van der Waals surface area (Å²) in [6.45, 7) is 2.92. The van der Waals surface area contributed by atoms with Crippen LogP contribution in [0.5, 0.6) is 11.5 Å². The summed E-state index contributed by atoms with van der Waals surface area (Å²) in [7, 11) is 0. The number of nitrogens with zero attached hydrogens (tertiary/aromatic N) is 1. The minimum absolute atomic E-state index is 0.0170. The number of ether oxygens (including phenoxy) is 3. The maximum atomic E-state index is 11.7. The molecule has 0 amide bonds. The van der Waals surface area contributed by atoms with Crippen molar-refractivity contribution in [3.8, 4) is 11.5 Å². The van der Waals surface area contributed by atoms with E-state index in [1.807, 2.05) is 19.1 Å². The zero-order valence-electron chi connectivity index (χ0n) is 14.3. The van der Waals surface area contributed by atoms with Gasteiger partial charge in [0.1, 0.15) is 24.7 Å². The Hall–Kier alpha value is -2.74. The molecule has 26 heavy (non-hydrogen) atoms. The normalized spacial score (nSPS) is 10.2. The van der Waals surface area contributed by atoms with Gasteiger partial charge in [-0.25, -0.2) is 0 Å². The molecule has 2 aromatic rings. The van der Waals surface area contributed by atoms with Crippen molar-refractivity contribution in [2.75, 3.05) is 25.6 Å². The van der Waals surface area contributed by atoms with Gasteiger partial charge in [-0.2, -0.15) is 0 Å². The molecule has 0 radical (unpaired) electrons. The fourth-order valence-corrected chi connectivity index (χ4v) is 2.66. The lowest BCUT2D eigenvalue weighted by Gasteiger charge is -2.08. The largest absolute Gasteiger partial charge is 0.494 e. The Morgan fingerprint density at radius 2 is 1.62 bits per heavy atom. The molecule has 8 heteroatoms. The van der Waals surface area contributed by atoms with Crippen LogP contribution >= 0.6 is 11.8 Å². The minimum Gasteiger partial charge on any atom is -0.494 e. The Kier molecular flexibility index (Phi) is 7.75. The van der Waals surface area contributed by atoms with Crippen molar-refractivity contribution in [3.63, 3.8) is 0 Å². The number of benzene rings is 2. The van der Waals surface area contributed by atoms with E-state index in [0.29, 0.717) is 12.4 Å². The average Bonchev–Trinajstić information content (AvgIpc) is 2.65. The number of hydrogen-bond acceptors (Lipinski definition) is 7. The van der Waals surface area contributed by atoms with Crippen LogP contribution in [0.3, 0.4) is 0 Å². The Morgan fingerprint density at radius 1 is 1.00 bits per heavy atom. The van der Waals surface area contributed by atoms with Gasteiger partial charge in [0, 0.05) is 17.0 Å². The summed E-state index contributed by atoms with van der Waals surface area (Å²) >= 11 is 1.26. The molecule has 0 aliphatic carbocycles. The third-order valence-corrected chi connectivity index (χ3v) is 4.14. The van der Waals surface area contributed by atoms with Gasteiger partial charge in [-0.3, -0.25) is 14.9 Å². The first-order valence-corrected chi connectivity index (χ1v) is 8.95. The molecule has 7 nitrogen and oxygen atoms in total. The van der Waals surface area contributed by atoms with E-state index in [4.69, 9.17) is 14.2 Å². The number of nitro groups is 1. The molecule has 0 aliphatic rings. The molecule has 0 saturated heterocycles. The predicted molar refractivity (Wildman–Crippen MR) is 97.9 cm³/mol. The summed E-state index contributed by atoms with van der Waals surface area (Å²) in [6, 6.07) is 13.2. The lowest BCUT2D eigenvalue weighted by atomic mass is 10.3. The Balaban J connectivity index is 1.63. The van der Waals surface area contributed by atoms with E-state index in [-0.39, 0.29) is 30.6 Å². The van der Waals surface area contributed by atoms with Crippen LogP contribution in [0.15, 0.2) is 53.4 Å². The number of esters is 1. The van der Waals surface area contributed by atoms with E-state index in [9.17, 15) is 14.9 Å². The van der Waals surface area contributed by atoms with Crippen molar-refractivity contribution in [1.82, 2.24) is 0 Å². The third-order valence-electron chi connectivity index (χ3n) is 3.15. The first-order valence-electron chi connectivity index (χ1n) is 7.97. The highest BCUT2D eigenvalue weighted by atomic mass is 32.2. The molecular weight excluding hydrogens is 358 g/mol. The molecular formula is C18H19NO6S. The van der Waals surface area contributed by atoms with Gasteiger partial charge in [0.2, 0.25) is 0 Å². The molecule has 0 bridgehead atoms. The third kappa shape index (κ3) is 6.64. The van der Waals surface area contributed by atoms with E-state index in [2.05, 4.69) is 0 Å². The molecule has 0 aromatic heterocycles. The summed E-state index contributed by atoms with van der Waals surface area (Å²) in [5.74, 6) is 1.20. The number of non-ortho nitro benzene ring substituents is 1. The molecule has 0 saturated carbocycles. The van der Waals surface area contributed by atoms with Crippen LogP contribution in [0.1, 0.15) is 6.92 Å². The number of hydrogen-bond donors (Lipinski definition) is 0. The molecule has 0 atom stereocenters. The SMILES string of the molecule is CCOc1ccc(OCCOC(=O)CSc2ccc([N+](=O)[O-])cc2)cc1.